The maximum atomic E-state index is 13.8. The van der Waals surface area contributed by atoms with Gasteiger partial charge in [-0.15, -0.1) is 11.3 Å². The third kappa shape index (κ3) is 6.11. The van der Waals surface area contributed by atoms with Gasteiger partial charge in [0.25, 0.3) is 0 Å². The molecule has 1 aliphatic heterocycles. The molecule has 8 nitrogen and oxygen atoms in total. The van der Waals surface area contributed by atoms with Crippen LogP contribution in [0.25, 0.3) is 20.9 Å². The number of nitrogens with one attached hydrogen (secondary N) is 4. The first-order valence-corrected chi connectivity index (χ1v) is 14.1. The molecular formula is C30H33N5O3S. The molecule has 39 heavy (non-hydrogen) atoms. The third-order valence-corrected chi connectivity index (χ3v) is 8.46. The molecule has 0 spiro atoms. The molecule has 4 aromatic rings. The van der Waals surface area contributed by atoms with Crippen LogP contribution in [0.2, 0.25) is 0 Å². The summed E-state index contributed by atoms with van der Waals surface area (Å²) in [5.74, 6) is -0.721. The van der Waals surface area contributed by atoms with E-state index in [-0.39, 0.29) is 18.2 Å². The Balaban J connectivity index is 1.39. The van der Waals surface area contributed by atoms with Crippen molar-refractivity contribution in [2.45, 2.75) is 43.4 Å². The molecule has 3 amide bonds. The Morgan fingerprint density at radius 3 is 2.44 bits per heavy atom. The summed E-state index contributed by atoms with van der Waals surface area (Å²) in [7, 11) is 0. The average Bonchev–Trinajstić information content (AvgIpc) is 3.36. The molecular weight excluding hydrogens is 510 g/mol. The van der Waals surface area contributed by atoms with Gasteiger partial charge < -0.3 is 27.0 Å². The molecule has 3 aromatic carbocycles. The lowest BCUT2D eigenvalue weighted by Crippen LogP contribution is -2.63. The Kier molecular flexibility index (Phi) is 8.21. The van der Waals surface area contributed by atoms with E-state index in [2.05, 4.69) is 21.3 Å². The molecule has 1 fully saturated rings. The van der Waals surface area contributed by atoms with E-state index in [4.69, 9.17) is 5.73 Å². The minimum absolute atomic E-state index is 0.280. The highest BCUT2D eigenvalue weighted by Gasteiger charge is 2.37. The van der Waals surface area contributed by atoms with E-state index in [0.29, 0.717) is 38.8 Å². The van der Waals surface area contributed by atoms with Gasteiger partial charge in [0.1, 0.15) is 12.2 Å². The third-order valence-electron chi connectivity index (χ3n) is 7.44. The first-order chi connectivity index (χ1) is 19.0. The molecule has 202 valence electrons. The lowest BCUT2D eigenvalue weighted by Gasteiger charge is -2.34. The molecule has 0 aliphatic carbocycles. The summed E-state index contributed by atoms with van der Waals surface area (Å²) >= 11 is 1.62. The normalized spacial score (nSPS) is 16.3. The summed E-state index contributed by atoms with van der Waals surface area (Å²) in [6.07, 6.45) is 1.61. The number of hydrogen-bond donors (Lipinski definition) is 5. The Morgan fingerprint density at radius 1 is 0.923 bits per heavy atom. The molecule has 1 saturated heterocycles. The van der Waals surface area contributed by atoms with E-state index in [1.54, 1.807) is 11.3 Å². The van der Waals surface area contributed by atoms with E-state index >= 15 is 0 Å². The summed E-state index contributed by atoms with van der Waals surface area (Å²) < 4.78 is 1.14. The Morgan fingerprint density at radius 2 is 1.64 bits per heavy atom. The molecule has 0 saturated carbocycles. The van der Waals surface area contributed by atoms with Crippen molar-refractivity contribution in [1.82, 2.24) is 21.3 Å². The smallest absolute Gasteiger partial charge is 0.244 e. The van der Waals surface area contributed by atoms with Gasteiger partial charge in [-0.3, -0.25) is 14.4 Å². The second-order valence-corrected chi connectivity index (χ2v) is 11.0. The van der Waals surface area contributed by atoms with Crippen molar-refractivity contribution in [2.75, 3.05) is 13.1 Å². The van der Waals surface area contributed by atoms with Crippen LogP contribution in [0.3, 0.4) is 0 Å². The second-order valence-electron chi connectivity index (χ2n) is 10.1. The molecule has 5 rings (SSSR count). The predicted octanol–water partition coefficient (Wildman–Crippen LogP) is 2.59. The quantitative estimate of drug-likeness (QED) is 0.155. The largest absolute Gasteiger partial charge is 0.342 e. The van der Waals surface area contributed by atoms with Gasteiger partial charge in [0.05, 0.1) is 5.54 Å². The molecule has 2 heterocycles. The van der Waals surface area contributed by atoms with Crippen LogP contribution in [0, 0.1) is 0 Å². The van der Waals surface area contributed by atoms with Gasteiger partial charge in [0.15, 0.2) is 0 Å². The van der Waals surface area contributed by atoms with Crippen molar-refractivity contribution >= 4 is 50.4 Å². The van der Waals surface area contributed by atoms with Crippen LogP contribution in [0.15, 0.2) is 72.1 Å². The number of carbonyl (C=O) groups is 3. The topological polar surface area (TPSA) is 125 Å². The van der Waals surface area contributed by atoms with Crippen LogP contribution in [0.5, 0.6) is 0 Å². The fourth-order valence-electron chi connectivity index (χ4n) is 5.22. The maximum Gasteiger partial charge on any atom is 0.244 e. The summed E-state index contributed by atoms with van der Waals surface area (Å²) in [5.41, 5.74) is 7.41. The van der Waals surface area contributed by atoms with Gasteiger partial charge in [-0.1, -0.05) is 60.7 Å². The zero-order valence-corrected chi connectivity index (χ0v) is 22.4. The van der Waals surface area contributed by atoms with E-state index in [1.807, 2.05) is 72.1 Å². The van der Waals surface area contributed by atoms with Crippen molar-refractivity contribution in [3.8, 4) is 0 Å². The number of thiophene rings is 1. The summed E-state index contributed by atoms with van der Waals surface area (Å²) in [6, 6.07) is 21.0. The summed E-state index contributed by atoms with van der Waals surface area (Å²) in [5, 5.41) is 17.1. The van der Waals surface area contributed by atoms with Crippen LogP contribution < -0.4 is 27.0 Å². The number of fused-ring (bicyclic) bond motifs is 2. The predicted molar refractivity (Wildman–Crippen MR) is 155 cm³/mol. The first kappa shape index (κ1) is 26.8. The van der Waals surface area contributed by atoms with Crippen LogP contribution in [0.4, 0.5) is 0 Å². The molecule has 6 N–H and O–H groups in total. The minimum Gasteiger partial charge on any atom is -0.342 e. The number of benzene rings is 3. The SMILES string of the molecule is NC1(C(=O)N[C@H](Cc2cccc3ccccc23)C(=O)N[C@@H](Cc2csc3ccccc23)NC=O)CCNCC1. The number of amides is 3. The standard InChI is InChI=1S/C30H33N5O3S/c31-30(12-14-32-15-13-30)29(38)34-25(16-21-8-5-7-20-6-1-2-9-23(20)21)28(37)35-27(33-19-36)17-22-18-39-26-11-4-3-10-24(22)26/h1-11,18-19,25,27,32H,12-17,31H2,(H,33,36)(H,34,38)(H,35,37)/t25-,27+/m1/s1. The van der Waals surface area contributed by atoms with Crippen molar-refractivity contribution in [3.63, 3.8) is 0 Å². The van der Waals surface area contributed by atoms with Crippen LogP contribution in [-0.2, 0) is 27.2 Å². The molecule has 0 unspecified atom stereocenters. The molecule has 1 aliphatic rings. The zero-order chi connectivity index (χ0) is 27.2. The fraction of sp³-hybridized carbons (Fsp3) is 0.300. The van der Waals surface area contributed by atoms with E-state index < -0.39 is 17.7 Å². The summed E-state index contributed by atoms with van der Waals surface area (Å²) in [6.45, 7) is 1.29. The molecule has 1 aromatic heterocycles. The van der Waals surface area contributed by atoms with Crippen molar-refractivity contribution < 1.29 is 14.4 Å². The number of carbonyl (C=O) groups excluding carboxylic acids is 3. The first-order valence-electron chi connectivity index (χ1n) is 13.2. The van der Waals surface area contributed by atoms with Crippen molar-refractivity contribution in [2.24, 2.45) is 5.73 Å². The number of piperidine rings is 1. The Hall–Kier alpha value is -3.79. The van der Waals surface area contributed by atoms with Gasteiger partial charge in [-0.25, -0.2) is 0 Å². The monoisotopic (exact) mass is 543 g/mol. The van der Waals surface area contributed by atoms with Crippen molar-refractivity contribution in [3.05, 3.63) is 83.2 Å². The van der Waals surface area contributed by atoms with Gasteiger partial charge in [0, 0.05) is 17.5 Å². The van der Waals surface area contributed by atoms with Gasteiger partial charge >= 0.3 is 0 Å². The van der Waals surface area contributed by atoms with Gasteiger partial charge in [-0.05, 0) is 64.7 Å². The minimum atomic E-state index is -1.04. The van der Waals surface area contributed by atoms with Crippen LogP contribution in [0.1, 0.15) is 24.0 Å². The lowest BCUT2D eigenvalue weighted by atomic mass is 9.88. The molecule has 2 atom stereocenters. The average molecular weight is 544 g/mol. The Bertz CT molecular complexity index is 1470. The van der Waals surface area contributed by atoms with Crippen LogP contribution in [-0.4, -0.2) is 49.1 Å². The lowest BCUT2D eigenvalue weighted by molar-refractivity contribution is -0.133. The number of rotatable bonds is 10. The van der Waals surface area contributed by atoms with E-state index in [9.17, 15) is 14.4 Å². The number of hydrogen-bond acceptors (Lipinski definition) is 6. The Labute approximate surface area is 231 Å². The highest BCUT2D eigenvalue weighted by molar-refractivity contribution is 7.17. The van der Waals surface area contributed by atoms with Gasteiger partial charge in [-0.2, -0.15) is 0 Å². The highest BCUT2D eigenvalue weighted by atomic mass is 32.1. The van der Waals surface area contributed by atoms with E-state index in [0.717, 1.165) is 32.0 Å². The summed E-state index contributed by atoms with van der Waals surface area (Å²) in [4.78, 5) is 38.6. The van der Waals surface area contributed by atoms with Crippen LogP contribution >= 0.6 is 11.3 Å². The molecule has 0 radical (unpaired) electrons. The van der Waals surface area contributed by atoms with E-state index in [1.165, 1.54) is 0 Å². The van der Waals surface area contributed by atoms with Crippen molar-refractivity contribution in [1.29, 1.82) is 0 Å². The number of nitrogens with two attached hydrogens (primary N) is 1. The molecule has 0 bridgehead atoms. The zero-order valence-electron chi connectivity index (χ0n) is 21.6. The highest BCUT2D eigenvalue weighted by Crippen LogP contribution is 2.26. The fourth-order valence-corrected chi connectivity index (χ4v) is 6.19. The molecule has 9 heteroatoms. The van der Waals surface area contributed by atoms with Gasteiger partial charge in [0.2, 0.25) is 18.2 Å². The maximum absolute atomic E-state index is 13.8. The second kappa shape index (κ2) is 11.9.